The van der Waals surface area contributed by atoms with Crippen LogP contribution in [-0.2, 0) is 11.2 Å². The Hall–Kier alpha value is -2.88. The normalized spacial score (nSPS) is 11.9. The van der Waals surface area contributed by atoms with Gasteiger partial charge in [-0.3, -0.25) is 4.79 Å². The van der Waals surface area contributed by atoms with E-state index in [-0.39, 0.29) is 24.1 Å². The summed E-state index contributed by atoms with van der Waals surface area (Å²) in [6, 6.07) is 19.8. The summed E-state index contributed by atoms with van der Waals surface area (Å²) in [7, 11) is 0. The van der Waals surface area contributed by atoms with Crippen molar-refractivity contribution in [2.75, 3.05) is 6.54 Å². The van der Waals surface area contributed by atoms with Gasteiger partial charge in [-0.2, -0.15) is 0 Å². The first kappa shape index (κ1) is 17.0. The Morgan fingerprint density at radius 1 is 1.00 bits per heavy atom. The molecule has 4 heteroatoms. The Morgan fingerprint density at radius 3 is 2.44 bits per heavy atom. The maximum absolute atomic E-state index is 13.2. The number of hydrogen-bond donors (Lipinski definition) is 1. The number of carbonyl (C=O) groups is 1. The van der Waals surface area contributed by atoms with E-state index in [1.165, 1.54) is 17.7 Å². The van der Waals surface area contributed by atoms with Crippen molar-refractivity contribution < 1.29 is 13.6 Å². The zero-order chi connectivity index (χ0) is 17.5. The number of carbonyl (C=O) groups excluding carboxylic acids is 1. The van der Waals surface area contributed by atoms with Crippen LogP contribution in [0.3, 0.4) is 0 Å². The Labute approximate surface area is 146 Å². The number of halogens is 1. The SMILES string of the molecule is O=C(CC(c1ccc(F)cc1)c1ccco1)NCCc1ccccc1. The van der Waals surface area contributed by atoms with Crippen LogP contribution >= 0.6 is 0 Å². The van der Waals surface area contributed by atoms with Crippen LogP contribution in [0.5, 0.6) is 0 Å². The highest BCUT2D eigenvalue weighted by Gasteiger charge is 2.20. The van der Waals surface area contributed by atoms with Crippen molar-refractivity contribution in [2.45, 2.75) is 18.8 Å². The lowest BCUT2D eigenvalue weighted by molar-refractivity contribution is -0.121. The van der Waals surface area contributed by atoms with Gasteiger partial charge in [0.2, 0.25) is 5.91 Å². The highest BCUT2D eigenvalue weighted by Crippen LogP contribution is 2.28. The van der Waals surface area contributed by atoms with Crippen molar-refractivity contribution in [3.05, 3.63) is 95.7 Å². The van der Waals surface area contributed by atoms with E-state index in [2.05, 4.69) is 5.32 Å². The zero-order valence-electron chi connectivity index (χ0n) is 13.8. The van der Waals surface area contributed by atoms with Gasteiger partial charge in [-0.15, -0.1) is 0 Å². The number of furan rings is 1. The van der Waals surface area contributed by atoms with E-state index in [9.17, 15) is 9.18 Å². The van der Waals surface area contributed by atoms with Crippen LogP contribution in [0.1, 0.15) is 29.2 Å². The van der Waals surface area contributed by atoms with E-state index < -0.39 is 0 Å². The second-order valence-corrected chi connectivity index (χ2v) is 5.91. The number of rotatable bonds is 7. The van der Waals surface area contributed by atoms with Gasteiger partial charge in [0.25, 0.3) is 0 Å². The van der Waals surface area contributed by atoms with Gasteiger partial charge >= 0.3 is 0 Å². The molecule has 3 rings (SSSR count). The third-order valence-corrected chi connectivity index (χ3v) is 4.13. The molecule has 25 heavy (non-hydrogen) atoms. The second-order valence-electron chi connectivity index (χ2n) is 5.91. The molecule has 1 unspecified atom stereocenters. The summed E-state index contributed by atoms with van der Waals surface area (Å²) in [5, 5.41) is 2.95. The topological polar surface area (TPSA) is 42.2 Å². The van der Waals surface area contributed by atoms with Crippen LogP contribution in [0.25, 0.3) is 0 Å². The van der Waals surface area contributed by atoms with Gasteiger partial charge in [0.1, 0.15) is 11.6 Å². The van der Waals surface area contributed by atoms with Crippen LogP contribution in [0.4, 0.5) is 4.39 Å². The van der Waals surface area contributed by atoms with Crippen LogP contribution in [0.15, 0.2) is 77.4 Å². The molecule has 3 nitrogen and oxygen atoms in total. The van der Waals surface area contributed by atoms with Crippen molar-refractivity contribution in [3.8, 4) is 0 Å². The molecule has 0 spiro atoms. The molecule has 1 amide bonds. The molecule has 0 aliphatic rings. The molecule has 2 aromatic carbocycles. The van der Waals surface area contributed by atoms with Crippen LogP contribution in [0.2, 0.25) is 0 Å². The van der Waals surface area contributed by atoms with E-state index in [1.807, 2.05) is 36.4 Å². The molecular weight excluding hydrogens is 317 g/mol. The summed E-state index contributed by atoms with van der Waals surface area (Å²) in [6.45, 7) is 0.580. The first-order chi connectivity index (χ1) is 12.2. The molecule has 1 N–H and O–H groups in total. The summed E-state index contributed by atoms with van der Waals surface area (Å²) in [4.78, 5) is 12.4. The molecule has 128 valence electrons. The summed E-state index contributed by atoms with van der Waals surface area (Å²) in [5.41, 5.74) is 2.04. The molecule has 1 heterocycles. The molecule has 0 aliphatic heterocycles. The van der Waals surface area contributed by atoms with Gasteiger partial charge in [-0.1, -0.05) is 42.5 Å². The second kappa shape index (κ2) is 8.29. The van der Waals surface area contributed by atoms with Crippen molar-refractivity contribution in [2.24, 2.45) is 0 Å². The molecular formula is C21H20FNO2. The monoisotopic (exact) mass is 337 g/mol. The average Bonchev–Trinajstić information content (AvgIpc) is 3.16. The van der Waals surface area contributed by atoms with E-state index in [4.69, 9.17) is 4.42 Å². The quantitative estimate of drug-likeness (QED) is 0.698. The molecule has 0 radical (unpaired) electrons. The Balaban J connectivity index is 1.62. The number of hydrogen-bond acceptors (Lipinski definition) is 2. The molecule has 0 saturated carbocycles. The minimum atomic E-state index is -0.297. The first-order valence-electron chi connectivity index (χ1n) is 8.32. The maximum atomic E-state index is 13.2. The highest BCUT2D eigenvalue weighted by atomic mass is 19.1. The lowest BCUT2D eigenvalue weighted by Gasteiger charge is -2.15. The smallest absolute Gasteiger partial charge is 0.221 e. The summed E-state index contributed by atoms with van der Waals surface area (Å²) in [5.74, 6) is 0.119. The zero-order valence-corrected chi connectivity index (χ0v) is 13.8. The van der Waals surface area contributed by atoms with Gasteiger partial charge in [-0.05, 0) is 41.8 Å². The predicted molar refractivity (Wildman–Crippen MR) is 94.7 cm³/mol. The summed E-state index contributed by atoms with van der Waals surface area (Å²) < 4.78 is 18.7. The maximum Gasteiger partial charge on any atom is 0.221 e. The molecule has 1 atom stereocenters. The number of nitrogens with one attached hydrogen (secondary N) is 1. The fourth-order valence-corrected chi connectivity index (χ4v) is 2.82. The molecule has 0 saturated heterocycles. The van der Waals surface area contributed by atoms with Gasteiger partial charge in [0.05, 0.1) is 12.2 Å². The van der Waals surface area contributed by atoms with Crippen LogP contribution < -0.4 is 5.32 Å². The molecule has 1 aromatic heterocycles. The molecule has 0 fully saturated rings. The van der Waals surface area contributed by atoms with Gasteiger partial charge in [-0.25, -0.2) is 4.39 Å². The highest BCUT2D eigenvalue weighted by molar-refractivity contribution is 5.77. The van der Waals surface area contributed by atoms with E-state index >= 15 is 0 Å². The third kappa shape index (κ3) is 4.80. The average molecular weight is 337 g/mol. The van der Waals surface area contributed by atoms with Gasteiger partial charge in [0.15, 0.2) is 0 Å². The summed E-state index contributed by atoms with van der Waals surface area (Å²) >= 11 is 0. The predicted octanol–water partition coefficient (Wildman–Crippen LogP) is 4.30. The van der Waals surface area contributed by atoms with E-state index in [1.54, 1.807) is 24.5 Å². The Morgan fingerprint density at radius 2 is 1.76 bits per heavy atom. The Kier molecular flexibility index (Phi) is 5.62. The lowest BCUT2D eigenvalue weighted by atomic mass is 9.93. The standard InChI is InChI=1S/C21H20FNO2/c22-18-10-8-17(9-11-18)19(20-7-4-14-25-20)15-21(24)23-13-12-16-5-2-1-3-6-16/h1-11,14,19H,12-13,15H2,(H,23,24). The minimum absolute atomic E-state index is 0.0540. The minimum Gasteiger partial charge on any atom is -0.469 e. The van der Waals surface area contributed by atoms with Crippen molar-refractivity contribution in [1.29, 1.82) is 0 Å². The fraction of sp³-hybridized carbons (Fsp3) is 0.190. The van der Waals surface area contributed by atoms with Crippen molar-refractivity contribution in [3.63, 3.8) is 0 Å². The van der Waals surface area contributed by atoms with E-state index in [0.717, 1.165) is 12.0 Å². The van der Waals surface area contributed by atoms with Crippen LogP contribution in [0, 0.1) is 5.82 Å². The Bertz CT molecular complexity index is 783. The molecule has 3 aromatic rings. The van der Waals surface area contributed by atoms with Gasteiger partial charge < -0.3 is 9.73 Å². The summed E-state index contributed by atoms with van der Waals surface area (Å²) in [6.07, 6.45) is 2.63. The largest absolute Gasteiger partial charge is 0.469 e. The third-order valence-electron chi connectivity index (χ3n) is 4.13. The van der Waals surface area contributed by atoms with Crippen molar-refractivity contribution in [1.82, 2.24) is 5.32 Å². The van der Waals surface area contributed by atoms with Gasteiger partial charge in [0, 0.05) is 13.0 Å². The first-order valence-corrected chi connectivity index (χ1v) is 8.32. The lowest BCUT2D eigenvalue weighted by Crippen LogP contribution is -2.27. The van der Waals surface area contributed by atoms with E-state index in [0.29, 0.717) is 12.3 Å². The van der Waals surface area contributed by atoms with Crippen molar-refractivity contribution >= 4 is 5.91 Å². The fourth-order valence-electron chi connectivity index (χ4n) is 2.82. The number of benzene rings is 2. The number of amides is 1. The van der Waals surface area contributed by atoms with Crippen LogP contribution in [-0.4, -0.2) is 12.5 Å². The molecule has 0 bridgehead atoms. The molecule has 0 aliphatic carbocycles.